The van der Waals surface area contributed by atoms with Crippen molar-refractivity contribution in [1.82, 2.24) is 0 Å². The lowest BCUT2D eigenvalue weighted by Gasteiger charge is -2.12. The molecule has 3 nitrogen and oxygen atoms in total. The molecule has 4 heteroatoms. The first-order valence-corrected chi connectivity index (χ1v) is 9.48. The molecule has 0 unspecified atom stereocenters. The second-order valence-corrected chi connectivity index (χ2v) is 7.23. The number of hydrogen-bond acceptors (Lipinski definition) is 4. The summed E-state index contributed by atoms with van der Waals surface area (Å²) in [5.74, 6) is -0.175. The fourth-order valence-electron chi connectivity index (χ4n) is 2.60. The van der Waals surface area contributed by atoms with Crippen molar-refractivity contribution in [3.63, 3.8) is 0 Å². The lowest BCUT2D eigenvalue weighted by Crippen LogP contribution is -2.14. The average molecular weight is 343 g/mol. The Kier molecular flexibility index (Phi) is 7.83. The second-order valence-electron chi connectivity index (χ2n) is 5.92. The molecule has 1 aliphatic carbocycles. The first-order valence-electron chi connectivity index (χ1n) is 8.60. The molecule has 0 bridgehead atoms. The third-order valence-electron chi connectivity index (χ3n) is 4.00. The Bertz CT molecular complexity index is 617. The van der Waals surface area contributed by atoms with Crippen LogP contribution in [-0.2, 0) is 0 Å². The fraction of sp³-hybridized carbons (Fsp3) is 0.400. The van der Waals surface area contributed by atoms with Crippen molar-refractivity contribution in [3.05, 3.63) is 54.1 Å². The smallest absolute Gasteiger partial charge is 0.210 e. The van der Waals surface area contributed by atoms with E-state index in [4.69, 9.17) is 5.21 Å². The predicted molar refractivity (Wildman–Crippen MR) is 101 cm³/mol. The van der Waals surface area contributed by atoms with Crippen molar-refractivity contribution < 1.29 is 10.0 Å². The highest BCUT2D eigenvalue weighted by Crippen LogP contribution is 2.28. The summed E-state index contributed by atoms with van der Waals surface area (Å²) in [6, 6.07) is 7.58. The molecule has 1 aromatic rings. The summed E-state index contributed by atoms with van der Waals surface area (Å²) in [7, 11) is 0. The molecular formula is C20H25NO2S. The van der Waals surface area contributed by atoms with Crippen LogP contribution in [0, 0.1) is 0 Å². The SMILES string of the molecule is CCCCCC/C(=N\O)C(=O)c1ccc(S[C@H]2C=CC=CC2)cc1. The van der Waals surface area contributed by atoms with Crippen LogP contribution in [0.15, 0.2) is 58.6 Å². The van der Waals surface area contributed by atoms with E-state index in [-0.39, 0.29) is 11.5 Å². The van der Waals surface area contributed by atoms with E-state index in [9.17, 15) is 4.79 Å². The minimum absolute atomic E-state index is 0.175. The molecule has 0 fully saturated rings. The minimum Gasteiger partial charge on any atom is -0.411 e. The first-order chi connectivity index (χ1) is 11.7. The molecule has 1 aliphatic rings. The third-order valence-corrected chi connectivity index (χ3v) is 5.19. The molecule has 0 spiro atoms. The molecule has 0 aliphatic heterocycles. The maximum absolute atomic E-state index is 12.4. The second kappa shape index (κ2) is 10.1. The highest BCUT2D eigenvalue weighted by atomic mass is 32.2. The van der Waals surface area contributed by atoms with Crippen LogP contribution in [0.2, 0.25) is 0 Å². The van der Waals surface area contributed by atoms with E-state index in [2.05, 4.69) is 36.4 Å². The van der Waals surface area contributed by atoms with Crippen LogP contribution in [0.1, 0.15) is 55.8 Å². The quantitative estimate of drug-likeness (QED) is 0.207. The number of ketones is 1. The van der Waals surface area contributed by atoms with E-state index >= 15 is 0 Å². The zero-order valence-corrected chi connectivity index (χ0v) is 15.0. The van der Waals surface area contributed by atoms with Gasteiger partial charge in [-0.2, -0.15) is 0 Å². The Morgan fingerprint density at radius 1 is 1.21 bits per heavy atom. The van der Waals surface area contributed by atoms with Crippen LogP contribution in [0.3, 0.4) is 0 Å². The zero-order chi connectivity index (χ0) is 17.2. The van der Waals surface area contributed by atoms with Crippen molar-refractivity contribution in [1.29, 1.82) is 0 Å². The van der Waals surface area contributed by atoms with Crippen molar-refractivity contribution in [2.24, 2.45) is 5.16 Å². The summed E-state index contributed by atoms with van der Waals surface area (Å²) in [4.78, 5) is 13.6. The molecule has 1 aromatic carbocycles. The zero-order valence-electron chi connectivity index (χ0n) is 14.1. The molecule has 0 radical (unpaired) electrons. The standard InChI is InChI=1S/C20H25NO2S/c1-2-3-4-8-11-19(21-23)20(22)16-12-14-18(15-13-16)24-17-9-6-5-7-10-17/h5-7,9,12-15,17,23H,2-4,8,10-11H2,1H3/b21-19+/t17-/m0/s1. The van der Waals surface area contributed by atoms with Gasteiger partial charge in [0.05, 0.1) is 0 Å². The topological polar surface area (TPSA) is 49.7 Å². The molecule has 24 heavy (non-hydrogen) atoms. The minimum atomic E-state index is -0.175. The number of rotatable bonds is 9. The Balaban J connectivity index is 1.92. The summed E-state index contributed by atoms with van der Waals surface area (Å²) in [5.41, 5.74) is 0.841. The van der Waals surface area contributed by atoms with Crippen molar-refractivity contribution in [3.8, 4) is 0 Å². The van der Waals surface area contributed by atoms with Gasteiger partial charge < -0.3 is 5.21 Å². The van der Waals surface area contributed by atoms with Gasteiger partial charge in [0.1, 0.15) is 5.71 Å². The number of hydrogen-bond donors (Lipinski definition) is 1. The third kappa shape index (κ3) is 5.68. The molecule has 1 atom stereocenters. The lowest BCUT2D eigenvalue weighted by molar-refractivity contribution is 0.105. The largest absolute Gasteiger partial charge is 0.411 e. The van der Waals surface area contributed by atoms with Gasteiger partial charge in [-0.15, -0.1) is 11.8 Å². The molecule has 2 rings (SSSR count). The lowest BCUT2D eigenvalue weighted by atomic mass is 10.0. The number of benzene rings is 1. The summed E-state index contributed by atoms with van der Waals surface area (Å²) >= 11 is 1.79. The highest BCUT2D eigenvalue weighted by molar-refractivity contribution is 8.00. The predicted octanol–water partition coefficient (Wildman–Crippen LogP) is 5.65. The van der Waals surface area contributed by atoms with Gasteiger partial charge in [0, 0.05) is 15.7 Å². The van der Waals surface area contributed by atoms with Gasteiger partial charge in [0.25, 0.3) is 0 Å². The van der Waals surface area contributed by atoms with Gasteiger partial charge in [0.15, 0.2) is 0 Å². The maximum atomic E-state index is 12.4. The summed E-state index contributed by atoms with van der Waals surface area (Å²) in [5, 5.41) is 12.8. The monoisotopic (exact) mass is 343 g/mol. The van der Waals surface area contributed by atoms with Gasteiger partial charge >= 0.3 is 0 Å². The van der Waals surface area contributed by atoms with Crippen molar-refractivity contribution >= 4 is 23.3 Å². The average Bonchev–Trinajstić information content (AvgIpc) is 2.63. The number of thioether (sulfide) groups is 1. The number of nitrogens with zero attached hydrogens (tertiary/aromatic N) is 1. The van der Waals surface area contributed by atoms with Crippen LogP contribution >= 0.6 is 11.8 Å². The molecule has 0 saturated heterocycles. The Morgan fingerprint density at radius 3 is 2.62 bits per heavy atom. The Labute approximate surface area is 148 Å². The molecule has 0 aromatic heterocycles. The van der Waals surface area contributed by atoms with Gasteiger partial charge in [-0.25, -0.2) is 0 Å². The molecule has 0 amide bonds. The maximum Gasteiger partial charge on any atom is 0.210 e. The van der Waals surface area contributed by atoms with Crippen molar-refractivity contribution in [2.45, 2.75) is 55.6 Å². The van der Waals surface area contributed by atoms with Crippen LogP contribution in [0.5, 0.6) is 0 Å². The highest BCUT2D eigenvalue weighted by Gasteiger charge is 2.15. The Morgan fingerprint density at radius 2 is 2.00 bits per heavy atom. The summed E-state index contributed by atoms with van der Waals surface area (Å²) in [6.45, 7) is 2.14. The molecule has 0 saturated carbocycles. The number of Topliss-reactive ketones (excluding diaryl/α,β-unsaturated/α-hetero) is 1. The van der Waals surface area contributed by atoms with Crippen LogP contribution in [0.4, 0.5) is 0 Å². The van der Waals surface area contributed by atoms with E-state index in [1.54, 1.807) is 11.8 Å². The van der Waals surface area contributed by atoms with Gasteiger partial charge in [-0.05, 0) is 43.5 Å². The van der Waals surface area contributed by atoms with Crippen LogP contribution in [-0.4, -0.2) is 22.0 Å². The summed E-state index contributed by atoms with van der Waals surface area (Å²) in [6.07, 6.45) is 14.3. The van der Waals surface area contributed by atoms with Crippen LogP contribution < -0.4 is 0 Å². The van der Waals surface area contributed by atoms with E-state index < -0.39 is 0 Å². The molecular weight excluding hydrogens is 318 g/mol. The summed E-state index contributed by atoms with van der Waals surface area (Å²) < 4.78 is 0. The normalized spacial score (nSPS) is 17.2. The number of oxime groups is 1. The van der Waals surface area contributed by atoms with Gasteiger partial charge in [0.2, 0.25) is 5.78 Å². The number of carbonyl (C=O) groups is 1. The number of allylic oxidation sites excluding steroid dienone is 3. The van der Waals surface area contributed by atoms with E-state index in [1.165, 1.54) is 0 Å². The fourth-order valence-corrected chi connectivity index (χ4v) is 3.62. The van der Waals surface area contributed by atoms with E-state index in [0.29, 0.717) is 17.2 Å². The van der Waals surface area contributed by atoms with Crippen molar-refractivity contribution in [2.75, 3.05) is 0 Å². The first kappa shape index (κ1) is 18.5. The van der Waals surface area contributed by atoms with E-state index in [1.807, 2.05) is 24.3 Å². The molecule has 0 heterocycles. The van der Waals surface area contributed by atoms with Gasteiger partial charge in [-0.1, -0.05) is 55.6 Å². The molecule has 128 valence electrons. The Hall–Kier alpha value is -1.81. The van der Waals surface area contributed by atoms with Gasteiger partial charge in [-0.3, -0.25) is 4.79 Å². The number of unbranched alkanes of at least 4 members (excludes halogenated alkanes) is 3. The number of carbonyl (C=O) groups excluding carboxylic acids is 1. The van der Waals surface area contributed by atoms with E-state index in [0.717, 1.165) is 37.0 Å². The molecule has 1 N–H and O–H groups in total. The van der Waals surface area contributed by atoms with Crippen LogP contribution in [0.25, 0.3) is 0 Å².